The standard InChI is InChI=1S/C25H18F5N5O2S.C7H12FN/c1-36-24-33-20-13(23(34-24)35-10-2-3-11(35)9-37-8-10)6-15(25(28,29)30)18(19(20)27)12-4-5-16(26)21-17(12)14(7-31)22(32)38-21;8-6-4-7-2-1-3-9(7)5-6/h4-6,10-11H,2-3,8-9,32H2,1H3;6-7H,1-5H2. The lowest BCUT2D eigenvalue weighted by Gasteiger charge is -2.36. The zero-order chi connectivity index (χ0) is 33.2. The van der Waals surface area contributed by atoms with Gasteiger partial charge in [0.1, 0.15) is 34.4 Å². The molecule has 4 saturated heterocycles. The molecular formula is C32H30F6N6O2S. The Kier molecular flexibility index (Phi) is 8.08. The number of morpholine rings is 1. The number of nitrogens with zero attached hydrogens (tertiary/aromatic N) is 5. The van der Waals surface area contributed by atoms with Crippen LogP contribution in [0.2, 0.25) is 0 Å². The van der Waals surface area contributed by atoms with Gasteiger partial charge in [-0.25, -0.2) is 13.2 Å². The van der Waals surface area contributed by atoms with E-state index in [-0.39, 0.29) is 61.0 Å². The van der Waals surface area contributed by atoms with E-state index >= 15 is 4.39 Å². The van der Waals surface area contributed by atoms with Crippen LogP contribution >= 0.6 is 11.3 Å². The summed E-state index contributed by atoms with van der Waals surface area (Å²) in [6, 6.07) is 4.68. The van der Waals surface area contributed by atoms with Gasteiger partial charge in [0.05, 0.1) is 48.2 Å². The highest BCUT2D eigenvalue weighted by molar-refractivity contribution is 7.23. The average Bonchev–Trinajstić information content (AvgIpc) is 3.77. The van der Waals surface area contributed by atoms with Gasteiger partial charge in [0, 0.05) is 28.9 Å². The van der Waals surface area contributed by atoms with Crippen molar-refractivity contribution in [3.05, 3.63) is 41.0 Å². The summed E-state index contributed by atoms with van der Waals surface area (Å²) in [5.41, 5.74) is 2.77. The van der Waals surface area contributed by atoms with E-state index in [0.717, 1.165) is 44.0 Å². The first-order chi connectivity index (χ1) is 22.5. The molecule has 47 heavy (non-hydrogen) atoms. The second-order valence-electron chi connectivity index (χ2n) is 12.2. The Morgan fingerprint density at radius 1 is 1.11 bits per heavy atom. The van der Waals surface area contributed by atoms with Crippen molar-refractivity contribution in [3.8, 4) is 23.2 Å². The molecule has 0 spiro atoms. The van der Waals surface area contributed by atoms with Crippen LogP contribution in [-0.4, -0.2) is 72.6 Å². The minimum absolute atomic E-state index is 0.0855. The summed E-state index contributed by atoms with van der Waals surface area (Å²) in [7, 11) is 1.28. The first kappa shape index (κ1) is 31.7. The van der Waals surface area contributed by atoms with E-state index < -0.39 is 35.1 Å². The number of aromatic nitrogens is 2. The molecule has 4 aromatic rings. The van der Waals surface area contributed by atoms with Gasteiger partial charge in [0.25, 0.3) is 0 Å². The number of nitrogens with two attached hydrogens (primary N) is 1. The third-order valence-electron chi connectivity index (χ3n) is 9.52. The molecule has 2 N–H and O–H groups in total. The third-order valence-corrected chi connectivity index (χ3v) is 10.5. The lowest BCUT2D eigenvalue weighted by atomic mass is 9.92. The summed E-state index contributed by atoms with van der Waals surface area (Å²) in [5.74, 6) is -1.95. The van der Waals surface area contributed by atoms with Crippen LogP contribution in [0.25, 0.3) is 32.1 Å². The first-order valence-corrected chi connectivity index (χ1v) is 16.1. The SMILES string of the molecule is COc1nc(N2C3CCC2COC3)c2cc(C(F)(F)F)c(-c3ccc(F)c4sc(N)c(C#N)c34)c(F)c2n1.FC1CC2CCCN2C1. The number of nitrogen functional groups attached to an aromatic ring is 1. The molecule has 0 aliphatic carbocycles. The molecule has 4 fully saturated rings. The molecule has 2 aromatic heterocycles. The number of alkyl halides is 4. The third kappa shape index (κ3) is 5.40. The van der Waals surface area contributed by atoms with E-state index in [2.05, 4.69) is 14.9 Å². The lowest BCUT2D eigenvalue weighted by molar-refractivity contribution is -0.137. The number of hydrogen-bond donors (Lipinski definition) is 1. The molecule has 8 rings (SSSR count). The van der Waals surface area contributed by atoms with Crippen LogP contribution < -0.4 is 15.4 Å². The predicted molar refractivity (Wildman–Crippen MR) is 165 cm³/mol. The van der Waals surface area contributed by atoms with Gasteiger partial charge in [-0.15, -0.1) is 11.3 Å². The molecule has 2 aromatic carbocycles. The number of nitriles is 1. The summed E-state index contributed by atoms with van der Waals surface area (Å²) < 4.78 is 98.0. The van der Waals surface area contributed by atoms with Crippen molar-refractivity contribution in [3.63, 3.8) is 0 Å². The molecule has 4 aliphatic heterocycles. The van der Waals surface area contributed by atoms with Crippen molar-refractivity contribution < 1.29 is 35.8 Å². The minimum atomic E-state index is -5.01. The molecule has 15 heteroatoms. The van der Waals surface area contributed by atoms with Crippen LogP contribution in [0.4, 0.5) is 37.2 Å². The quantitative estimate of drug-likeness (QED) is 0.236. The molecule has 0 amide bonds. The second-order valence-corrected chi connectivity index (χ2v) is 13.3. The smallest absolute Gasteiger partial charge is 0.417 e. The molecule has 248 valence electrons. The molecule has 8 nitrogen and oxygen atoms in total. The Hall–Kier alpha value is -3.87. The van der Waals surface area contributed by atoms with Crippen LogP contribution in [0.15, 0.2) is 18.2 Å². The van der Waals surface area contributed by atoms with E-state index in [1.165, 1.54) is 20.0 Å². The lowest BCUT2D eigenvalue weighted by Crippen LogP contribution is -2.46. The zero-order valence-electron chi connectivity index (χ0n) is 25.2. The Bertz CT molecular complexity index is 1880. The Balaban J connectivity index is 0.000000334. The Labute approximate surface area is 269 Å². The van der Waals surface area contributed by atoms with Crippen molar-refractivity contribution in [2.75, 3.05) is 44.0 Å². The fraction of sp³-hybridized carbons (Fsp3) is 0.469. The van der Waals surface area contributed by atoms with Gasteiger partial charge < -0.3 is 20.1 Å². The summed E-state index contributed by atoms with van der Waals surface area (Å²) in [4.78, 5) is 12.6. The topological polar surface area (TPSA) is 101 Å². The van der Waals surface area contributed by atoms with Gasteiger partial charge in [-0.1, -0.05) is 6.07 Å². The second kappa shape index (κ2) is 12.0. The van der Waals surface area contributed by atoms with Gasteiger partial charge >= 0.3 is 12.2 Å². The van der Waals surface area contributed by atoms with E-state index in [1.807, 2.05) is 11.0 Å². The van der Waals surface area contributed by atoms with Crippen molar-refractivity contribution in [1.29, 1.82) is 5.26 Å². The number of thiophene rings is 1. The van der Waals surface area contributed by atoms with Crippen LogP contribution in [0, 0.1) is 23.0 Å². The van der Waals surface area contributed by atoms with Gasteiger partial charge in [-0.3, -0.25) is 4.90 Å². The summed E-state index contributed by atoms with van der Waals surface area (Å²) in [5, 5.41) is 9.22. The van der Waals surface area contributed by atoms with Crippen LogP contribution in [-0.2, 0) is 10.9 Å². The molecule has 4 atom stereocenters. The normalized spacial score (nSPS) is 24.0. The molecule has 2 bridgehead atoms. The molecule has 4 unspecified atom stereocenters. The van der Waals surface area contributed by atoms with Crippen LogP contribution in [0.1, 0.15) is 43.2 Å². The zero-order valence-corrected chi connectivity index (χ0v) is 26.0. The Morgan fingerprint density at radius 3 is 2.51 bits per heavy atom. The van der Waals surface area contributed by atoms with Gasteiger partial charge in [0.15, 0.2) is 5.82 Å². The molecular weight excluding hydrogens is 646 g/mol. The molecule has 0 saturated carbocycles. The van der Waals surface area contributed by atoms with Gasteiger partial charge in [-0.2, -0.15) is 28.4 Å². The molecule has 4 aliphatic rings. The molecule has 6 heterocycles. The number of methoxy groups -OCH3 is 1. The minimum Gasteiger partial charge on any atom is -0.467 e. The van der Waals surface area contributed by atoms with Crippen molar-refractivity contribution >= 4 is 43.1 Å². The van der Waals surface area contributed by atoms with E-state index in [4.69, 9.17) is 15.2 Å². The fourth-order valence-electron chi connectivity index (χ4n) is 7.48. The number of anilines is 2. The monoisotopic (exact) mass is 676 g/mol. The maximum atomic E-state index is 16.4. The largest absolute Gasteiger partial charge is 0.467 e. The number of ether oxygens (including phenoxy) is 2. The molecule has 0 radical (unpaired) electrons. The number of hydrogen-bond acceptors (Lipinski definition) is 9. The average molecular weight is 677 g/mol. The van der Waals surface area contributed by atoms with Crippen LogP contribution in [0.3, 0.4) is 0 Å². The van der Waals surface area contributed by atoms with E-state index in [9.17, 15) is 27.2 Å². The number of benzene rings is 2. The highest BCUT2D eigenvalue weighted by Crippen LogP contribution is 2.48. The van der Waals surface area contributed by atoms with Crippen molar-refractivity contribution in [2.45, 2.75) is 62.6 Å². The van der Waals surface area contributed by atoms with E-state index in [1.54, 1.807) is 0 Å². The van der Waals surface area contributed by atoms with Crippen molar-refractivity contribution in [1.82, 2.24) is 14.9 Å². The first-order valence-electron chi connectivity index (χ1n) is 15.3. The highest BCUT2D eigenvalue weighted by atomic mass is 32.1. The summed E-state index contributed by atoms with van der Waals surface area (Å²) in [6.07, 6.45) is -0.710. The number of rotatable bonds is 3. The Morgan fingerprint density at radius 2 is 1.85 bits per heavy atom. The van der Waals surface area contributed by atoms with E-state index in [0.29, 0.717) is 37.1 Å². The van der Waals surface area contributed by atoms with Gasteiger partial charge in [-0.05, 0) is 56.3 Å². The highest BCUT2D eigenvalue weighted by Gasteiger charge is 2.42. The fourth-order valence-corrected chi connectivity index (χ4v) is 8.42. The summed E-state index contributed by atoms with van der Waals surface area (Å²) >= 11 is 0.709. The van der Waals surface area contributed by atoms with Crippen molar-refractivity contribution in [2.24, 2.45) is 0 Å². The van der Waals surface area contributed by atoms with Crippen LogP contribution in [0.5, 0.6) is 6.01 Å². The number of fused-ring (bicyclic) bond motifs is 5. The number of halogens is 6. The maximum absolute atomic E-state index is 16.4. The predicted octanol–water partition coefficient (Wildman–Crippen LogP) is 6.83. The maximum Gasteiger partial charge on any atom is 0.417 e. The summed E-state index contributed by atoms with van der Waals surface area (Å²) in [6.45, 7) is 2.58. The van der Waals surface area contributed by atoms with Gasteiger partial charge in [0.2, 0.25) is 0 Å².